The molecule has 0 saturated heterocycles. The predicted octanol–water partition coefficient (Wildman–Crippen LogP) is 3.67. The van der Waals surface area contributed by atoms with E-state index >= 15 is 0 Å². The van der Waals surface area contributed by atoms with Crippen LogP contribution in [0.4, 0.5) is 4.79 Å². The highest BCUT2D eigenvalue weighted by atomic mass is 35.5. The van der Waals surface area contributed by atoms with Crippen LogP contribution in [0.25, 0.3) is 0 Å². The van der Waals surface area contributed by atoms with E-state index in [-0.39, 0.29) is 5.91 Å². The molecule has 0 heterocycles. The molecule has 0 unspecified atom stereocenters. The standard InChI is InChI=1S/C16H20Cl2N2O3/c1-15(2,3)23-14(22)20-16(6-7-16)13(21)19-9-10-4-5-11(17)12(18)8-10/h4-5,8H,6-7,9H2,1-3H3,(H,19,21)(H,20,22). The highest BCUT2D eigenvalue weighted by Gasteiger charge is 2.51. The summed E-state index contributed by atoms with van der Waals surface area (Å²) in [6.07, 6.45) is 0.610. The van der Waals surface area contributed by atoms with Gasteiger partial charge in [-0.2, -0.15) is 0 Å². The van der Waals surface area contributed by atoms with Crippen LogP contribution in [0.15, 0.2) is 18.2 Å². The number of hydrogen-bond donors (Lipinski definition) is 2. The minimum absolute atomic E-state index is 0.227. The lowest BCUT2D eigenvalue weighted by atomic mass is 10.2. The molecule has 0 aliphatic heterocycles. The van der Waals surface area contributed by atoms with E-state index in [9.17, 15) is 9.59 Å². The summed E-state index contributed by atoms with van der Waals surface area (Å²) in [6, 6.07) is 5.16. The summed E-state index contributed by atoms with van der Waals surface area (Å²) in [5, 5.41) is 6.37. The number of rotatable bonds is 4. The quantitative estimate of drug-likeness (QED) is 0.862. The van der Waals surface area contributed by atoms with Gasteiger partial charge in [0.2, 0.25) is 5.91 Å². The van der Waals surface area contributed by atoms with Crippen LogP contribution in [0.1, 0.15) is 39.2 Å². The average molecular weight is 359 g/mol. The average Bonchev–Trinajstić information content (AvgIpc) is 3.18. The number of carbonyl (C=O) groups excluding carboxylic acids is 2. The van der Waals surface area contributed by atoms with Crippen LogP contribution in [0.5, 0.6) is 0 Å². The highest BCUT2D eigenvalue weighted by molar-refractivity contribution is 6.42. The summed E-state index contributed by atoms with van der Waals surface area (Å²) in [5.74, 6) is -0.227. The third-order valence-corrected chi connectivity index (χ3v) is 4.10. The number of benzene rings is 1. The molecule has 1 aliphatic rings. The Morgan fingerprint density at radius 2 is 1.87 bits per heavy atom. The van der Waals surface area contributed by atoms with Crippen molar-refractivity contribution >= 4 is 35.2 Å². The van der Waals surface area contributed by atoms with Gasteiger partial charge in [0.25, 0.3) is 0 Å². The maximum Gasteiger partial charge on any atom is 0.408 e. The van der Waals surface area contributed by atoms with Crippen molar-refractivity contribution in [2.75, 3.05) is 0 Å². The third-order valence-electron chi connectivity index (χ3n) is 3.36. The first-order chi connectivity index (χ1) is 10.6. The molecule has 1 aromatic carbocycles. The fourth-order valence-electron chi connectivity index (χ4n) is 2.03. The van der Waals surface area contributed by atoms with Crippen LogP contribution in [0, 0.1) is 0 Å². The molecule has 1 aliphatic carbocycles. The van der Waals surface area contributed by atoms with Crippen molar-refractivity contribution in [2.45, 2.75) is 51.3 Å². The van der Waals surface area contributed by atoms with Crippen molar-refractivity contribution in [1.82, 2.24) is 10.6 Å². The van der Waals surface area contributed by atoms with E-state index in [1.54, 1.807) is 39.0 Å². The van der Waals surface area contributed by atoms with Crippen LogP contribution in [-0.2, 0) is 16.1 Å². The van der Waals surface area contributed by atoms with Crippen LogP contribution >= 0.6 is 23.2 Å². The van der Waals surface area contributed by atoms with Gasteiger partial charge < -0.3 is 15.4 Å². The van der Waals surface area contributed by atoms with Crippen molar-refractivity contribution < 1.29 is 14.3 Å². The molecule has 2 N–H and O–H groups in total. The van der Waals surface area contributed by atoms with Gasteiger partial charge in [-0.1, -0.05) is 29.3 Å². The molecule has 0 aromatic heterocycles. The molecular formula is C16H20Cl2N2O3. The fraction of sp³-hybridized carbons (Fsp3) is 0.500. The lowest BCUT2D eigenvalue weighted by Crippen LogP contribution is -2.50. The summed E-state index contributed by atoms with van der Waals surface area (Å²) < 4.78 is 5.19. The van der Waals surface area contributed by atoms with Gasteiger partial charge in [0.05, 0.1) is 10.0 Å². The molecule has 0 spiro atoms. The minimum atomic E-state index is -0.863. The molecule has 7 heteroatoms. The van der Waals surface area contributed by atoms with Crippen molar-refractivity contribution in [1.29, 1.82) is 0 Å². The van der Waals surface area contributed by atoms with Gasteiger partial charge in [-0.05, 0) is 51.3 Å². The zero-order valence-electron chi connectivity index (χ0n) is 13.3. The van der Waals surface area contributed by atoms with Crippen LogP contribution in [0.2, 0.25) is 10.0 Å². The van der Waals surface area contributed by atoms with Crippen molar-refractivity contribution in [3.05, 3.63) is 33.8 Å². The number of carbonyl (C=O) groups is 2. The normalized spacial score (nSPS) is 15.7. The second kappa shape index (κ2) is 6.57. The molecule has 0 bridgehead atoms. The van der Waals surface area contributed by atoms with Gasteiger partial charge in [-0.3, -0.25) is 4.79 Å². The molecule has 1 fully saturated rings. The van der Waals surface area contributed by atoms with E-state index in [4.69, 9.17) is 27.9 Å². The zero-order valence-corrected chi connectivity index (χ0v) is 14.8. The molecule has 2 amide bonds. The molecule has 1 saturated carbocycles. The maximum atomic E-state index is 12.3. The maximum absolute atomic E-state index is 12.3. The summed E-state index contributed by atoms with van der Waals surface area (Å²) >= 11 is 11.8. The van der Waals surface area contributed by atoms with E-state index in [2.05, 4.69) is 10.6 Å². The Labute approximate surface area is 145 Å². The smallest absolute Gasteiger partial charge is 0.408 e. The summed E-state index contributed by atoms with van der Waals surface area (Å²) in [5.41, 5.74) is -0.629. The Hall–Kier alpha value is -1.46. The third kappa shape index (κ3) is 5.01. The number of nitrogens with one attached hydrogen (secondary N) is 2. The Morgan fingerprint density at radius 1 is 1.22 bits per heavy atom. The predicted molar refractivity (Wildman–Crippen MR) is 89.6 cm³/mol. The van der Waals surface area contributed by atoms with E-state index in [0.717, 1.165) is 5.56 Å². The first-order valence-electron chi connectivity index (χ1n) is 7.35. The summed E-state index contributed by atoms with van der Waals surface area (Å²) in [7, 11) is 0. The zero-order chi connectivity index (χ0) is 17.3. The summed E-state index contributed by atoms with van der Waals surface area (Å²) in [6.45, 7) is 5.64. The summed E-state index contributed by atoms with van der Waals surface area (Å²) in [4.78, 5) is 24.1. The SMILES string of the molecule is CC(C)(C)OC(=O)NC1(C(=O)NCc2ccc(Cl)c(Cl)c2)CC1. The second-order valence-corrected chi connectivity index (χ2v) is 7.45. The molecular weight excluding hydrogens is 339 g/mol. The van der Waals surface area contributed by atoms with E-state index in [1.165, 1.54) is 0 Å². The van der Waals surface area contributed by atoms with Gasteiger partial charge >= 0.3 is 6.09 Å². The highest BCUT2D eigenvalue weighted by Crippen LogP contribution is 2.36. The van der Waals surface area contributed by atoms with E-state index < -0.39 is 17.2 Å². The Bertz CT molecular complexity index is 622. The largest absolute Gasteiger partial charge is 0.444 e. The number of halogens is 2. The van der Waals surface area contributed by atoms with Crippen LogP contribution in [0.3, 0.4) is 0 Å². The number of ether oxygens (including phenoxy) is 1. The van der Waals surface area contributed by atoms with Crippen LogP contribution < -0.4 is 10.6 Å². The van der Waals surface area contributed by atoms with Crippen molar-refractivity contribution in [3.63, 3.8) is 0 Å². The minimum Gasteiger partial charge on any atom is -0.444 e. The van der Waals surface area contributed by atoms with Gasteiger partial charge in [0, 0.05) is 6.54 Å². The monoisotopic (exact) mass is 358 g/mol. The van der Waals surface area contributed by atoms with Crippen LogP contribution in [-0.4, -0.2) is 23.1 Å². The first-order valence-corrected chi connectivity index (χ1v) is 8.10. The lowest BCUT2D eigenvalue weighted by Gasteiger charge is -2.23. The molecule has 0 atom stereocenters. The van der Waals surface area contributed by atoms with Gasteiger partial charge in [-0.15, -0.1) is 0 Å². The van der Waals surface area contributed by atoms with Crippen molar-refractivity contribution in [2.24, 2.45) is 0 Å². The fourth-order valence-corrected chi connectivity index (χ4v) is 2.35. The number of alkyl carbamates (subject to hydrolysis) is 1. The Morgan fingerprint density at radius 3 is 2.39 bits per heavy atom. The topological polar surface area (TPSA) is 67.4 Å². The number of hydrogen-bond acceptors (Lipinski definition) is 3. The first kappa shape index (κ1) is 17.9. The molecule has 2 rings (SSSR count). The van der Waals surface area contributed by atoms with Gasteiger partial charge in [-0.25, -0.2) is 4.79 Å². The van der Waals surface area contributed by atoms with E-state index in [1.807, 2.05) is 0 Å². The van der Waals surface area contributed by atoms with E-state index in [0.29, 0.717) is 29.4 Å². The lowest BCUT2D eigenvalue weighted by molar-refractivity contribution is -0.124. The number of amides is 2. The Kier molecular flexibility index (Phi) is 5.11. The molecule has 1 aromatic rings. The van der Waals surface area contributed by atoms with Crippen molar-refractivity contribution in [3.8, 4) is 0 Å². The second-order valence-electron chi connectivity index (χ2n) is 6.64. The Balaban J connectivity index is 1.89. The molecule has 23 heavy (non-hydrogen) atoms. The van der Waals surface area contributed by atoms with Gasteiger partial charge in [0.15, 0.2) is 0 Å². The van der Waals surface area contributed by atoms with Gasteiger partial charge in [0.1, 0.15) is 11.1 Å². The molecule has 0 radical (unpaired) electrons. The molecule has 5 nitrogen and oxygen atoms in total. The molecule has 126 valence electrons.